The Morgan fingerprint density at radius 1 is 1.50 bits per heavy atom. The van der Waals surface area contributed by atoms with Gasteiger partial charge in [-0.25, -0.2) is 0 Å². The lowest BCUT2D eigenvalue weighted by Gasteiger charge is -2.21. The summed E-state index contributed by atoms with van der Waals surface area (Å²) in [6, 6.07) is 0. The fourth-order valence-electron chi connectivity index (χ4n) is 0.950. The first-order valence-electron chi connectivity index (χ1n) is 4.32. The van der Waals surface area contributed by atoms with Gasteiger partial charge in [-0.05, 0) is 33.6 Å². The maximum absolute atomic E-state index is 11.3. The van der Waals surface area contributed by atoms with E-state index in [1.807, 2.05) is 13.8 Å². The molecule has 0 rings (SSSR count). The average Bonchev–Trinajstić information content (AvgIpc) is 2.01. The molecule has 3 nitrogen and oxygen atoms in total. The van der Waals surface area contributed by atoms with Gasteiger partial charge in [0.15, 0.2) is 0 Å². The van der Waals surface area contributed by atoms with Crippen molar-refractivity contribution in [1.82, 2.24) is 0 Å². The zero-order valence-corrected chi connectivity index (χ0v) is 8.09. The van der Waals surface area contributed by atoms with Crippen LogP contribution in [0.1, 0.15) is 33.6 Å². The van der Waals surface area contributed by atoms with Gasteiger partial charge in [0.1, 0.15) is 0 Å². The van der Waals surface area contributed by atoms with Crippen molar-refractivity contribution in [2.75, 3.05) is 13.2 Å². The van der Waals surface area contributed by atoms with Crippen molar-refractivity contribution in [3.05, 3.63) is 0 Å². The highest BCUT2D eigenvalue weighted by Crippen LogP contribution is 2.23. The highest BCUT2D eigenvalue weighted by molar-refractivity contribution is 5.75. The van der Waals surface area contributed by atoms with E-state index in [2.05, 4.69) is 0 Å². The molecule has 0 fully saturated rings. The van der Waals surface area contributed by atoms with E-state index in [-0.39, 0.29) is 12.6 Å². The van der Waals surface area contributed by atoms with Gasteiger partial charge in [-0.15, -0.1) is 0 Å². The third kappa shape index (κ3) is 3.72. The maximum atomic E-state index is 11.3. The van der Waals surface area contributed by atoms with Gasteiger partial charge in [-0.2, -0.15) is 0 Å². The largest absolute Gasteiger partial charge is 0.466 e. The lowest BCUT2D eigenvalue weighted by molar-refractivity contribution is -0.153. The van der Waals surface area contributed by atoms with E-state index < -0.39 is 5.41 Å². The zero-order chi connectivity index (χ0) is 9.61. The highest BCUT2D eigenvalue weighted by Gasteiger charge is 2.28. The fraction of sp³-hybridized carbons (Fsp3) is 0.889. The summed E-state index contributed by atoms with van der Waals surface area (Å²) in [4.78, 5) is 11.3. The van der Waals surface area contributed by atoms with E-state index in [1.54, 1.807) is 6.92 Å². The van der Waals surface area contributed by atoms with Crippen molar-refractivity contribution in [2.24, 2.45) is 5.41 Å². The van der Waals surface area contributed by atoms with Gasteiger partial charge in [0.05, 0.1) is 12.0 Å². The van der Waals surface area contributed by atoms with E-state index >= 15 is 0 Å². The molecule has 0 aromatic heterocycles. The first-order valence-corrected chi connectivity index (χ1v) is 4.32. The monoisotopic (exact) mass is 174 g/mol. The van der Waals surface area contributed by atoms with E-state index in [9.17, 15) is 4.79 Å². The summed E-state index contributed by atoms with van der Waals surface area (Å²) >= 11 is 0. The molecule has 0 saturated carbocycles. The van der Waals surface area contributed by atoms with Crippen LogP contribution in [-0.2, 0) is 9.53 Å². The fourth-order valence-corrected chi connectivity index (χ4v) is 0.950. The number of aliphatic hydroxyl groups is 1. The van der Waals surface area contributed by atoms with Gasteiger partial charge in [0.2, 0.25) is 0 Å². The summed E-state index contributed by atoms with van der Waals surface area (Å²) in [5, 5.41) is 8.59. The van der Waals surface area contributed by atoms with Crippen molar-refractivity contribution < 1.29 is 14.6 Å². The molecule has 0 aliphatic heterocycles. The minimum absolute atomic E-state index is 0.128. The Morgan fingerprint density at radius 3 is 2.50 bits per heavy atom. The summed E-state index contributed by atoms with van der Waals surface area (Å²) in [7, 11) is 0. The van der Waals surface area contributed by atoms with Crippen LogP contribution in [0.3, 0.4) is 0 Å². The van der Waals surface area contributed by atoms with Gasteiger partial charge in [0.25, 0.3) is 0 Å². The number of rotatable bonds is 5. The van der Waals surface area contributed by atoms with E-state index in [0.29, 0.717) is 19.4 Å². The molecule has 0 saturated heterocycles. The molecule has 0 aliphatic carbocycles. The minimum atomic E-state index is -0.460. The molecule has 72 valence electrons. The van der Waals surface area contributed by atoms with Gasteiger partial charge in [-0.3, -0.25) is 4.79 Å². The summed E-state index contributed by atoms with van der Waals surface area (Å²) in [5.74, 6) is -0.182. The van der Waals surface area contributed by atoms with Crippen LogP contribution < -0.4 is 0 Å². The van der Waals surface area contributed by atoms with Crippen LogP contribution in [0.4, 0.5) is 0 Å². The van der Waals surface area contributed by atoms with Crippen LogP contribution in [0.5, 0.6) is 0 Å². The van der Waals surface area contributed by atoms with Crippen LogP contribution in [0, 0.1) is 5.41 Å². The molecule has 12 heavy (non-hydrogen) atoms. The number of aliphatic hydroxyl groups excluding tert-OH is 1. The Bertz CT molecular complexity index is 141. The van der Waals surface area contributed by atoms with E-state index in [1.165, 1.54) is 0 Å². The molecule has 0 unspecified atom stereocenters. The van der Waals surface area contributed by atoms with Crippen molar-refractivity contribution in [2.45, 2.75) is 33.6 Å². The van der Waals surface area contributed by atoms with Crippen molar-refractivity contribution in [1.29, 1.82) is 0 Å². The Labute approximate surface area is 73.7 Å². The quantitative estimate of drug-likeness (QED) is 0.640. The second-order valence-corrected chi connectivity index (χ2v) is 3.43. The first kappa shape index (κ1) is 11.4. The summed E-state index contributed by atoms with van der Waals surface area (Å²) in [6.07, 6.45) is 1.31. The van der Waals surface area contributed by atoms with Gasteiger partial charge >= 0.3 is 5.97 Å². The Balaban J connectivity index is 3.90. The van der Waals surface area contributed by atoms with E-state index in [0.717, 1.165) is 0 Å². The molecule has 0 amide bonds. The van der Waals surface area contributed by atoms with Crippen molar-refractivity contribution in [3.63, 3.8) is 0 Å². The highest BCUT2D eigenvalue weighted by atomic mass is 16.5. The summed E-state index contributed by atoms with van der Waals surface area (Å²) in [5.41, 5.74) is -0.460. The molecular weight excluding hydrogens is 156 g/mol. The predicted octanol–water partition coefficient (Wildman–Crippen LogP) is 1.35. The van der Waals surface area contributed by atoms with E-state index in [4.69, 9.17) is 9.84 Å². The van der Waals surface area contributed by atoms with Crippen LogP contribution in [0.25, 0.3) is 0 Å². The summed E-state index contributed by atoms with van der Waals surface area (Å²) in [6.45, 7) is 6.01. The standard InChI is InChI=1S/C9H18O3/c1-4-12-8(11)9(2,3)6-5-7-10/h10H,4-7H2,1-3H3. The number of ether oxygens (including phenoxy) is 1. The summed E-state index contributed by atoms with van der Waals surface area (Å²) < 4.78 is 4.88. The number of carbonyl (C=O) groups excluding carboxylic acids is 1. The third-order valence-corrected chi connectivity index (χ3v) is 1.79. The van der Waals surface area contributed by atoms with Crippen LogP contribution in [0.2, 0.25) is 0 Å². The normalized spacial score (nSPS) is 11.3. The molecule has 0 atom stereocenters. The molecule has 0 heterocycles. The SMILES string of the molecule is CCOC(=O)C(C)(C)CCCO. The smallest absolute Gasteiger partial charge is 0.311 e. The number of esters is 1. The van der Waals surface area contributed by atoms with Gasteiger partial charge in [0, 0.05) is 6.61 Å². The second kappa shape index (κ2) is 5.14. The predicted molar refractivity (Wildman–Crippen MR) is 46.7 cm³/mol. The topological polar surface area (TPSA) is 46.5 Å². The molecule has 0 aliphatic rings. The molecule has 0 bridgehead atoms. The van der Waals surface area contributed by atoms with Gasteiger partial charge in [-0.1, -0.05) is 0 Å². The number of hydrogen-bond donors (Lipinski definition) is 1. The Hall–Kier alpha value is -0.570. The van der Waals surface area contributed by atoms with Crippen molar-refractivity contribution >= 4 is 5.97 Å². The zero-order valence-electron chi connectivity index (χ0n) is 8.09. The first-order chi connectivity index (χ1) is 5.54. The lowest BCUT2D eigenvalue weighted by atomic mass is 9.88. The molecule has 0 aromatic rings. The minimum Gasteiger partial charge on any atom is -0.466 e. The van der Waals surface area contributed by atoms with Crippen molar-refractivity contribution in [3.8, 4) is 0 Å². The van der Waals surface area contributed by atoms with Crippen LogP contribution >= 0.6 is 0 Å². The lowest BCUT2D eigenvalue weighted by Crippen LogP contribution is -2.26. The molecule has 1 N–H and O–H groups in total. The molecular formula is C9H18O3. The maximum Gasteiger partial charge on any atom is 0.311 e. The molecule has 0 aromatic carbocycles. The second-order valence-electron chi connectivity index (χ2n) is 3.43. The molecule has 3 heteroatoms. The molecule has 0 spiro atoms. The molecule has 0 radical (unpaired) electrons. The van der Waals surface area contributed by atoms with Crippen LogP contribution in [0.15, 0.2) is 0 Å². The Morgan fingerprint density at radius 2 is 2.08 bits per heavy atom. The average molecular weight is 174 g/mol. The Kier molecular flexibility index (Phi) is 4.90. The third-order valence-electron chi connectivity index (χ3n) is 1.79. The van der Waals surface area contributed by atoms with Gasteiger partial charge < -0.3 is 9.84 Å². The van der Waals surface area contributed by atoms with Crippen LogP contribution in [-0.4, -0.2) is 24.3 Å². The number of carbonyl (C=O) groups is 1. The number of hydrogen-bond acceptors (Lipinski definition) is 3.